The van der Waals surface area contributed by atoms with E-state index in [1.54, 1.807) is 20.4 Å². The number of rotatable bonds is 5. The predicted molar refractivity (Wildman–Crippen MR) is 101 cm³/mol. The lowest BCUT2D eigenvalue weighted by Crippen LogP contribution is -2.39. The summed E-state index contributed by atoms with van der Waals surface area (Å²) in [6.45, 7) is 2.40. The molecular weight excluding hydrogens is 405 g/mol. The summed E-state index contributed by atoms with van der Waals surface area (Å²) in [4.78, 5) is 23.0. The molecule has 1 aliphatic heterocycles. The van der Waals surface area contributed by atoms with Crippen LogP contribution < -0.4 is 10.1 Å². The van der Waals surface area contributed by atoms with Crippen LogP contribution in [0.5, 0.6) is 5.75 Å². The number of amides is 1. The first-order chi connectivity index (χ1) is 14.2. The summed E-state index contributed by atoms with van der Waals surface area (Å²) in [5, 5.41) is 14.2. The number of carboxylic acid groups (broad SMARTS) is 1. The molecule has 3 rings (SSSR count). The van der Waals surface area contributed by atoms with Crippen LogP contribution in [0.4, 0.5) is 13.2 Å². The fourth-order valence-corrected chi connectivity index (χ4v) is 3.13. The number of methoxy groups -OCH3 is 1. The first kappa shape index (κ1) is 23.2. The number of carbonyl (C=O) groups excluding carboxylic acids is 1. The van der Waals surface area contributed by atoms with Crippen molar-refractivity contribution in [2.45, 2.75) is 31.7 Å². The molecule has 1 aliphatic rings. The first-order valence-corrected chi connectivity index (χ1v) is 9.03. The molecule has 2 N–H and O–H groups in total. The van der Waals surface area contributed by atoms with Gasteiger partial charge in [-0.25, -0.2) is 4.79 Å². The number of ether oxygens (including phenoxy) is 1. The van der Waals surface area contributed by atoms with Gasteiger partial charge in [0.1, 0.15) is 5.75 Å². The number of nitrogens with one attached hydrogen (secondary N) is 1. The molecule has 1 aromatic heterocycles. The number of aliphatic carboxylic acids is 1. The normalized spacial score (nSPS) is 16.1. The number of hydrogen-bond donors (Lipinski definition) is 2. The monoisotopic (exact) mass is 428 g/mol. The third-order valence-electron chi connectivity index (χ3n) is 4.48. The molecule has 0 saturated carbocycles. The number of fused-ring (bicyclic) bond motifs is 1. The van der Waals surface area contributed by atoms with Gasteiger partial charge in [-0.3, -0.25) is 14.4 Å². The molecule has 0 bridgehead atoms. The van der Waals surface area contributed by atoms with Crippen LogP contribution in [0, 0.1) is 0 Å². The first-order valence-electron chi connectivity index (χ1n) is 9.03. The number of aromatic nitrogens is 2. The minimum Gasteiger partial charge on any atom is -0.496 e. The van der Waals surface area contributed by atoms with E-state index in [2.05, 4.69) is 21.4 Å². The highest BCUT2D eigenvalue weighted by atomic mass is 19.4. The molecule has 8 nitrogen and oxygen atoms in total. The number of carboxylic acids is 1. The van der Waals surface area contributed by atoms with E-state index in [1.165, 1.54) is 0 Å². The molecule has 2 heterocycles. The Morgan fingerprint density at radius 2 is 1.97 bits per heavy atom. The summed E-state index contributed by atoms with van der Waals surface area (Å²) < 4.78 is 39.2. The second-order valence-electron chi connectivity index (χ2n) is 6.58. The topological polar surface area (TPSA) is 96.7 Å². The lowest BCUT2D eigenvalue weighted by atomic mass is 10.1. The molecular formula is C19H23F3N4O4. The average Bonchev–Trinajstić information content (AvgIpc) is 3.17. The molecule has 1 aromatic carbocycles. The Bertz CT molecular complexity index is 869. The molecule has 164 valence electrons. The largest absolute Gasteiger partial charge is 0.496 e. The van der Waals surface area contributed by atoms with Crippen molar-refractivity contribution in [3.63, 3.8) is 0 Å². The molecule has 11 heteroatoms. The fraction of sp³-hybridized carbons (Fsp3) is 0.421. The molecule has 0 spiro atoms. The van der Waals surface area contributed by atoms with E-state index in [1.807, 2.05) is 28.9 Å². The van der Waals surface area contributed by atoms with E-state index >= 15 is 0 Å². The van der Waals surface area contributed by atoms with Gasteiger partial charge in [-0.2, -0.15) is 18.3 Å². The van der Waals surface area contributed by atoms with Crippen LogP contribution in [-0.2, 0) is 22.7 Å². The van der Waals surface area contributed by atoms with Gasteiger partial charge in [-0.15, -0.1) is 0 Å². The van der Waals surface area contributed by atoms with Crippen molar-refractivity contribution in [1.29, 1.82) is 0 Å². The Balaban J connectivity index is 0.000000396. The van der Waals surface area contributed by atoms with Crippen molar-refractivity contribution in [3.05, 3.63) is 47.8 Å². The van der Waals surface area contributed by atoms with Gasteiger partial charge < -0.3 is 15.2 Å². The van der Waals surface area contributed by atoms with Gasteiger partial charge >= 0.3 is 12.1 Å². The lowest BCUT2D eigenvalue weighted by Gasteiger charge is -2.33. The maximum Gasteiger partial charge on any atom is 0.490 e. The Morgan fingerprint density at radius 3 is 2.57 bits per heavy atom. The summed E-state index contributed by atoms with van der Waals surface area (Å²) in [5.74, 6) is -1.82. The molecule has 1 amide bonds. The summed E-state index contributed by atoms with van der Waals surface area (Å²) in [6.07, 6.45) is -2.84. The van der Waals surface area contributed by atoms with E-state index < -0.39 is 12.1 Å². The Hall–Kier alpha value is -3.08. The molecule has 0 fully saturated rings. The Morgan fingerprint density at radius 1 is 1.30 bits per heavy atom. The van der Waals surface area contributed by atoms with Crippen molar-refractivity contribution < 1.29 is 32.6 Å². The number of hydrogen-bond acceptors (Lipinski definition) is 5. The second-order valence-corrected chi connectivity index (χ2v) is 6.58. The van der Waals surface area contributed by atoms with Crippen molar-refractivity contribution in [2.24, 2.45) is 0 Å². The number of halogens is 3. The van der Waals surface area contributed by atoms with Gasteiger partial charge in [-0.05, 0) is 12.1 Å². The molecule has 1 atom stereocenters. The Labute approximate surface area is 171 Å². The summed E-state index contributed by atoms with van der Waals surface area (Å²) in [6, 6.07) is 10.1. The van der Waals surface area contributed by atoms with Crippen LogP contribution >= 0.6 is 0 Å². The molecule has 30 heavy (non-hydrogen) atoms. The highest BCUT2D eigenvalue weighted by molar-refractivity contribution is 5.76. The summed E-state index contributed by atoms with van der Waals surface area (Å²) >= 11 is 0. The molecule has 0 saturated heterocycles. The zero-order chi connectivity index (χ0) is 22.3. The van der Waals surface area contributed by atoms with E-state index in [-0.39, 0.29) is 11.9 Å². The zero-order valence-corrected chi connectivity index (χ0v) is 16.5. The maximum atomic E-state index is 11.8. The van der Waals surface area contributed by atoms with Gasteiger partial charge in [0.05, 0.1) is 25.3 Å². The number of nitrogens with zero attached hydrogens (tertiary/aromatic N) is 3. The quantitative estimate of drug-likeness (QED) is 0.758. The van der Waals surface area contributed by atoms with Crippen LogP contribution in [0.15, 0.2) is 36.5 Å². The second kappa shape index (κ2) is 10.1. The van der Waals surface area contributed by atoms with Crippen molar-refractivity contribution in [3.8, 4) is 5.75 Å². The molecule has 0 aliphatic carbocycles. The maximum absolute atomic E-state index is 11.8. The van der Waals surface area contributed by atoms with Crippen molar-refractivity contribution in [1.82, 2.24) is 20.0 Å². The van der Waals surface area contributed by atoms with Crippen LogP contribution in [-0.4, -0.2) is 58.5 Å². The van der Waals surface area contributed by atoms with E-state index in [4.69, 9.17) is 14.6 Å². The Kier molecular flexibility index (Phi) is 7.81. The summed E-state index contributed by atoms with van der Waals surface area (Å²) in [5.41, 5.74) is 2.29. The van der Waals surface area contributed by atoms with Crippen molar-refractivity contribution >= 4 is 11.9 Å². The smallest absolute Gasteiger partial charge is 0.490 e. The molecule has 1 unspecified atom stereocenters. The fourth-order valence-electron chi connectivity index (χ4n) is 3.13. The minimum absolute atomic E-state index is 0.0376. The van der Waals surface area contributed by atoms with Crippen LogP contribution in [0.3, 0.4) is 0 Å². The van der Waals surface area contributed by atoms with Gasteiger partial charge in [0, 0.05) is 38.4 Å². The standard InChI is InChI=1S/C17H22N4O2.C2HF3O2/c1-18-17(22)9-15-12-20(11-14-7-8-19-21(14)15)10-13-5-3-4-6-16(13)23-2;3-2(4,5)1(6)7/h3-8,15H,9-12H2,1-2H3,(H,18,22);(H,6,7). The van der Waals surface area contributed by atoms with E-state index in [0.29, 0.717) is 6.42 Å². The zero-order valence-electron chi connectivity index (χ0n) is 16.5. The number of carbonyl (C=O) groups is 2. The van der Waals surface area contributed by atoms with Gasteiger partial charge in [0.2, 0.25) is 5.91 Å². The van der Waals surface area contributed by atoms with E-state index in [9.17, 15) is 18.0 Å². The third kappa shape index (κ3) is 6.21. The van der Waals surface area contributed by atoms with Crippen LogP contribution in [0.25, 0.3) is 0 Å². The molecule has 0 radical (unpaired) electrons. The summed E-state index contributed by atoms with van der Waals surface area (Å²) in [7, 11) is 3.36. The highest BCUT2D eigenvalue weighted by Crippen LogP contribution is 2.26. The third-order valence-corrected chi connectivity index (χ3v) is 4.48. The number of benzene rings is 1. The van der Waals surface area contributed by atoms with Gasteiger partial charge in [-0.1, -0.05) is 18.2 Å². The number of alkyl halides is 3. The van der Waals surface area contributed by atoms with Crippen molar-refractivity contribution in [2.75, 3.05) is 20.7 Å². The van der Waals surface area contributed by atoms with E-state index in [0.717, 1.165) is 36.6 Å². The predicted octanol–water partition coefficient (Wildman–Crippen LogP) is 2.22. The minimum atomic E-state index is -5.08. The van der Waals surface area contributed by atoms with Crippen LogP contribution in [0.2, 0.25) is 0 Å². The van der Waals surface area contributed by atoms with Gasteiger partial charge in [0.15, 0.2) is 0 Å². The highest BCUT2D eigenvalue weighted by Gasteiger charge is 2.38. The average molecular weight is 428 g/mol. The molecule has 2 aromatic rings. The number of para-hydroxylation sites is 1. The van der Waals surface area contributed by atoms with Gasteiger partial charge in [0.25, 0.3) is 0 Å². The lowest BCUT2D eigenvalue weighted by molar-refractivity contribution is -0.192. The SMILES string of the molecule is CNC(=O)CC1CN(Cc2ccccc2OC)Cc2ccnn21.O=C(O)C(F)(F)F. The van der Waals surface area contributed by atoms with Crippen LogP contribution in [0.1, 0.15) is 23.7 Å².